The second-order valence-electron chi connectivity index (χ2n) is 4.15. The third kappa shape index (κ3) is 3.75. The quantitative estimate of drug-likeness (QED) is 0.917. The summed E-state index contributed by atoms with van der Waals surface area (Å²) >= 11 is 3.54. The Morgan fingerprint density at radius 2 is 2.16 bits per heavy atom. The molecule has 1 heterocycles. The minimum Gasteiger partial charge on any atom is -0.380 e. The molecule has 2 aromatic rings. The number of halogens is 1. The van der Waals surface area contributed by atoms with Gasteiger partial charge in [-0.3, -0.25) is 0 Å². The maximum atomic E-state index is 5.22. The average Bonchev–Trinajstić information content (AvgIpc) is 2.40. The molecule has 0 saturated heterocycles. The summed E-state index contributed by atoms with van der Waals surface area (Å²) in [6.45, 7) is 3.11. The predicted molar refractivity (Wildman–Crippen MR) is 79.0 cm³/mol. The van der Waals surface area contributed by atoms with Gasteiger partial charge in [-0.1, -0.05) is 22.0 Å². The molecular formula is C14H16BrN3O. The monoisotopic (exact) mass is 321 g/mol. The third-order valence-corrected chi connectivity index (χ3v) is 3.44. The van der Waals surface area contributed by atoms with Gasteiger partial charge < -0.3 is 10.1 Å². The third-order valence-electron chi connectivity index (χ3n) is 2.70. The van der Waals surface area contributed by atoms with Crippen LogP contribution in [0.5, 0.6) is 0 Å². The second kappa shape index (κ2) is 6.63. The lowest BCUT2D eigenvalue weighted by Crippen LogP contribution is -2.06. The van der Waals surface area contributed by atoms with Gasteiger partial charge in [0.2, 0.25) is 0 Å². The maximum absolute atomic E-state index is 5.22. The van der Waals surface area contributed by atoms with Gasteiger partial charge in [0.15, 0.2) is 0 Å². The number of nitrogens with zero attached hydrogens (tertiary/aromatic N) is 2. The van der Waals surface area contributed by atoms with Crippen molar-refractivity contribution in [2.45, 2.75) is 20.1 Å². The minimum absolute atomic E-state index is 0.562. The lowest BCUT2D eigenvalue weighted by atomic mass is 10.2. The van der Waals surface area contributed by atoms with Crippen molar-refractivity contribution in [3.63, 3.8) is 0 Å². The molecular weight excluding hydrogens is 306 g/mol. The van der Waals surface area contributed by atoms with E-state index in [0.717, 1.165) is 27.2 Å². The normalized spacial score (nSPS) is 10.5. The van der Waals surface area contributed by atoms with E-state index in [-0.39, 0.29) is 0 Å². The van der Waals surface area contributed by atoms with Crippen LogP contribution in [0.15, 0.2) is 34.9 Å². The Balaban J connectivity index is 2.13. The van der Waals surface area contributed by atoms with Crippen LogP contribution in [0.1, 0.15) is 17.1 Å². The summed E-state index contributed by atoms with van der Waals surface area (Å²) in [4.78, 5) is 8.46. The molecule has 1 N–H and O–H groups in total. The van der Waals surface area contributed by atoms with Gasteiger partial charge in [-0.15, -0.1) is 0 Å². The maximum Gasteiger partial charge on any atom is 0.125 e. The van der Waals surface area contributed by atoms with Crippen LogP contribution in [-0.4, -0.2) is 17.1 Å². The zero-order valence-electron chi connectivity index (χ0n) is 11.0. The molecule has 0 fully saturated rings. The molecule has 0 radical (unpaired) electrons. The van der Waals surface area contributed by atoms with E-state index < -0.39 is 0 Å². The molecule has 0 aliphatic carbocycles. The van der Waals surface area contributed by atoms with Crippen LogP contribution in [0, 0.1) is 6.92 Å². The van der Waals surface area contributed by atoms with Crippen molar-refractivity contribution < 1.29 is 4.74 Å². The van der Waals surface area contributed by atoms with Crippen molar-refractivity contribution in [1.29, 1.82) is 0 Å². The fraction of sp³-hybridized carbons (Fsp3) is 0.286. The van der Waals surface area contributed by atoms with Gasteiger partial charge in [0, 0.05) is 29.0 Å². The number of aryl methyl sites for hydroxylation is 1. The van der Waals surface area contributed by atoms with E-state index >= 15 is 0 Å². The van der Waals surface area contributed by atoms with Gasteiger partial charge in [0.1, 0.15) is 5.82 Å². The molecule has 0 spiro atoms. The largest absolute Gasteiger partial charge is 0.380 e. The number of anilines is 1. The summed E-state index contributed by atoms with van der Waals surface area (Å²) in [6, 6.07) is 7.95. The Morgan fingerprint density at radius 1 is 1.32 bits per heavy atom. The van der Waals surface area contributed by atoms with Gasteiger partial charge in [0.05, 0.1) is 18.8 Å². The fourth-order valence-corrected chi connectivity index (χ4v) is 2.29. The van der Waals surface area contributed by atoms with Crippen LogP contribution in [0.4, 0.5) is 5.69 Å². The first kappa shape index (κ1) is 14.0. The highest BCUT2D eigenvalue weighted by atomic mass is 79.9. The minimum atomic E-state index is 0.562. The first-order valence-electron chi connectivity index (χ1n) is 5.99. The Hall–Kier alpha value is -1.46. The van der Waals surface area contributed by atoms with Crippen molar-refractivity contribution in [2.24, 2.45) is 0 Å². The van der Waals surface area contributed by atoms with Crippen molar-refractivity contribution in [2.75, 3.05) is 12.4 Å². The first-order valence-corrected chi connectivity index (χ1v) is 6.78. The zero-order chi connectivity index (χ0) is 13.7. The Kier molecular flexibility index (Phi) is 4.87. The molecule has 0 aliphatic heterocycles. The molecule has 4 nitrogen and oxygen atoms in total. The number of benzene rings is 1. The summed E-state index contributed by atoms with van der Waals surface area (Å²) in [5.41, 5.74) is 3.12. The molecule has 0 atom stereocenters. The summed E-state index contributed by atoms with van der Waals surface area (Å²) in [5.74, 6) is 0.783. The highest BCUT2D eigenvalue weighted by molar-refractivity contribution is 9.10. The van der Waals surface area contributed by atoms with Gasteiger partial charge in [-0.25, -0.2) is 9.97 Å². The molecule has 1 aromatic heterocycles. The van der Waals surface area contributed by atoms with E-state index in [1.807, 2.05) is 31.2 Å². The Labute approximate surface area is 121 Å². The number of aromatic nitrogens is 2. The summed E-state index contributed by atoms with van der Waals surface area (Å²) in [7, 11) is 1.69. The van der Waals surface area contributed by atoms with Crippen LogP contribution in [-0.2, 0) is 17.9 Å². The number of methoxy groups -OCH3 is 1. The Bertz CT molecular complexity index is 560. The SMILES string of the molecule is COCc1c(Br)cccc1NCc1ccnc(C)n1. The van der Waals surface area contributed by atoms with Crippen LogP contribution in [0.2, 0.25) is 0 Å². The number of ether oxygens (including phenoxy) is 1. The molecule has 0 unspecified atom stereocenters. The number of nitrogens with one attached hydrogen (secondary N) is 1. The lowest BCUT2D eigenvalue weighted by molar-refractivity contribution is 0.185. The van der Waals surface area contributed by atoms with E-state index in [4.69, 9.17) is 4.74 Å². The topological polar surface area (TPSA) is 47.0 Å². The summed E-state index contributed by atoms with van der Waals surface area (Å²) in [6.07, 6.45) is 1.77. The molecule has 0 bridgehead atoms. The van der Waals surface area contributed by atoms with Gasteiger partial charge in [0.25, 0.3) is 0 Å². The van der Waals surface area contributed by atoms with E-state index in [1.54, 1.807) is 13.3 Å². The van der Waals surface area contributed by atoms with Crippen LogP contribution in [0.3, 0.4) is 0 Å². The van der Waals surface area contributed by atoms with Gasteiger partial charge in [-0.2, -0.15) is 0 Å². The molecule has 2 rings (SSSR count). The lowest BCUT2D eigenvalue weighted by Gasteiger charge is -2.13. The highest BCUT2D eigenvalue weighted by Crippen LogP contribution is 2.25. The molecule has 0 saturated carbocycles. The van der Waals surface area contributed by atoms with Crippen LogP contribution in [0.25, 0.3) is 0 Å². The zero-order valence-corrected chi connectivity index (χ0v) is 12.6. The van der Waals surface area contributed by atoms with E-state index in [0.29, 0.717) is 13.2 Å². The number of hydrogen-bond donors (Lipinski definition) is 1. The van der Waals surface area contributed by atoms with Crippen LogP contribution >= 0.6 is 15.9 Å². The summed E-state index contributed by atoms with van der Waals surface area (Å²) < 4.78 is 6.26. The smallest absolute Gasteiger partial charge is 0.125 e. The fourth-order valence-electron chi connectivity index (χ4n) is 1.80. The second-order valence-corrected chi connectivity index (χ2v) is 5.00. The van der Waals surface area contributed by atoms with Gasteiger partial charge in [-0.05, 0) is 25.1 Å². The molecule has 0 aliphatic rings. The first-order chi connectivity index (χ1) is 9.20. The van der Waals surface area contributed by atoms with E-state index in [2.05, 4.69) is 31.2 Å². The van der Waals surface area contributed by atoms with Gasteiger partial charge >= 0.3 is 0 Å². The molecule has 5 heteroatoms. The Morgan fingerprint density at radius 3 is 2.89 bits per heavy atom. The molecule has 19 heavy (non-hydrogen) atoms. The van der Waals surface area contributed by atoms with E-state index in [9.17, 15) is 0 Å². The van der Waals surface area contributed by atoms with Crippen molar-refractivity contribution >= 4 is 21.6 Å². The standard InChI is InChI=1S/C14H16BrN3O/c1-10-16-7-6-11(18-10)8-17-14-5-3-4-13(15)12(14)9-19-2/h3-7,17H,8-9H2,1-2H3. The number of rotatable bonds is 5. The molecule has 100 valence electrons. The molecule has 1 aromatic carbocycles. The van der Waals surface area contributed by atoms with Crippen LogP contribution < -0.4 is 5.32 Å². The summed E-state index contributed by atoms with van der Waals surface area (Å²) in [5, 5.41) is 3.38. The average molecular weight is 322 g/mol. The molecule has 0 amide bonds. The van der Waals surface area contributed by atoms with Crippen molar-refractivity contribution in [1.82, 2.24) is 9.97 Å². The van der Waals surface area contributed by atoms with E-state index in [1.165, 1.54) is 0 Å². The van der Waals surface area contributed by atoms with Crippen molar-refractivity contribution in [3.8, 4) is 0 Å². The highest BCUT2D eigenvalue weighted by Gasteiger charge is 2.06. The number of hydrogen-bond acceptors (Lipinski definition) is 4. The predicted octanol–water partition coefficient (Wildman–Crippen LogP) is 3.31. The van der Waals surface area contributed by atoms with Crippen molar-refractivity contribution in [3.05, 3.63) is 52.0 Å².